The normalized spacial score (nSPS) is 11.1. The molecular weight excluding hydrogens is 274 g/mol. The van der Waals surface area contributed by atoms with Gasteiger partial charge in [-0.2, -0.15) is 5.11 Å². The summed E-state index contributed by atoms with van der Waals surface area (Å²) in [5, 5.41) is 10.2. The van der Waals surface area contributed by atoms with Gasteiger partial charge >= 0.3 is 5.63 Å². The molecule has 1 heterocycles. The molecule has 1 aromatic carbocycles. The van der Waals surface area contributed by atoms with E-state index in [1.54, 1.807) is 19.1 Å². The largest absolute Gasteiger partial charge is 0.384 e. The Morgan fingerprint density at radius 2 is 1.94 bits per heavy atom. The van der Waals surface area contributed by atoms with Crippen molar-refractivity contribution < 1.29 is 4.52 Å². The van der Waals surface area contributed by atoms with Crippen molar-refractivity contribution in [2.45, 2.75) is 6.92 Å². The molecule has 2 rings (SSSR count). The third kappa shape index (κ3) is 2.27. The molecule has 0 fully saturated rings. The molecule has 0 saturated heterocycles. The monoisotopic (exact) mass is 281 g/mol. The van der Waals surface area contributed by atoms with E-state index >= 15 is 0 Å². The fraction of sp³-hybridized carbons (Fsp3) is 0.100. The molecule has 0 atom stereocenters. The van der Waals surface area contributed by atoms with Gasteiger partial charge in [-0.3, -0.25) is 0 Å². The van der Waals surface area contributed by atoms with Crippen LogP contribution in [0.25, 0.3) is 0 Å². The minimum atomic E-state index is -0.515. The van der Waals surface area contributed by atoms with Crippen LogP contribution >= 0.6 is 15.9 Å². The Bertz CT molecular complexity index is 568. The van der Waals surface area contributed by atoms with Gasteiger partial charge in [0.1, 0.15) is 0 Å². The van der Waals surface area contributed by atoms with Crippen molar-refractivity contribution in [1.82, 2.24) is 5.16 Å². The van der Waals surface area contributed by atoms with Gasteiger partial charge in [0.05, 0.1) is 11.4 Å². The van der Waals surface area contributed by atoms with Gasteiger partial charge in [0, 0.05) is 4.47 Å². The van der Waals surface area contributed by atoms with Crippen molar-refractivity contribution in [3.8, 4) is 0 Å². The number of aromatic nitrogens is 1. The molecule has 0 amide bonds. The zero-order valence-corrected chi connectivity index (χ0v) is 9.98. The number of hydrogen-bond donors (Lipinski definition) is 1. The average molecular weight is 282 g/mol. The second-order valence-corrected chi connectivity index (χ2v) is 4.06. The molecule has 0 spiro atoms. The maximum atomic E-state index is 11.2. The summed E-state index contributed by atoms with van der Waals surface area (Å²) in [7, 11) is 0. The highest BCUT2D eigenvalue weighted by Gasteiger charge is 2.06. The van der Waals surface area contributed by atoms with Gasteiger partial charge in [-0.15, -0.1) is 5.11 Å². The topological polar surface area (TPSA) is 70.7 Å². The lowest BCUT2D eigenvalue weighted by molar-refractivity contribution is 0.388. The lowest BCUT2D eigenvalue weighted by atomic mass is 10.3. The summed E-state index contributed by atoms with van der Waals surface area (Å²) in [5.74, 6) is 0. The van der Waals surface area contributed by atoms with E-state index in [1.807, 2.05) is 12.1 Å². The van der Waals surface area contributed by atoms with Crippen LogP contribution in [0.2, 0.25) is 0 Å². The van der Waals surface area contributed by atoms with E-state index in [0.29, 0.717) is 11.4 Å². The predicted molar refractivity (Wildman–Crippen MR) is 62.4 cm³/mol. The number of rotatable bonds is 2. The number of azo groups is 1. The highest BCUT2D eigenvalue weighted by molar-refractivity contribution is 9.10. The van der Waals surface area contributed by atoms with Crippen LogP contribution in [0.5, 0.6) is 0 Å². The fourth-order valence-corrected chi connectivity index (χ4v) is 1.37. The third-order valence-electron chi connectivity index (χ3n) is 1.94. The molecule has 0 bridgehead atoms. The van der Waals surface area contributed by atoms with E-state index < -0.39 is 5.63 Å². The Labute approximate surface area is 99.3 Å². The second kappa shape index (κ2) is 4.44. The highest BCUT2D eigenvalue weighted by Crippen LogP contribution is 2.19. The van der Waals surface area contributed by atoms with E-state index in [-0.39, 0.29) is 5.69 Å². The molecule has 6 heteroatoms. The van der Waals surface area contributed by atoms with Gasteiger partial charge in [0.2, 0.25) is 0 Å². The first-order valence-electron chi connectivity index (χ1n) is 4.52. The molecule has 0 unspecified atom stereocenters. The molecule has 0 aliphatic carbocycles. The number of nitrogens with one attached hydrogen (secondary N) is 1. The van der Waals surface area contributed by atoms with Crippen molar-refractivity contribution in [1.29, 1.82) is 0 Å². The quantitative estimate of drug-likeness (QED) is 0.857. The standard InChI is InChI=1S/C10H8BrN3O2/c1-6-9(10(15)16-14-6)13-12-8-4-2-7(11)3-5-8/h2-5,14H,1H3. The molecule has 82 valence electrons. The number of halogens is 1. The van der Waals surface area contributed by atoms with Gasteiger partial charge in [0.25, 0.3) is 0 Å². The zero-order valence-electron chi connectivity index (χ0n) is 8.40. The first-order valence-corrected chi connectivity index (χ1v) is 5.31. The van der Waals surface area contributed by atoms with E-state index in [9.17, 15) is 4.79 Å². The number of hydrogen-bond acceptors (Lipinski definition) is 4. The molecule has 2 aromatic rings. The van der Waals surface area contributed by atoms with E-state index in [4.69, 9.17) is 0 Å². The lowest BCUT2D eigenvalue weighted by Gasteiger charge is -1.91. The summed E-state index contributed by atoms with van der Waals surface area (Å²) in [5.41, 5.74) is 0.912. The Morgan fingerprint density at radius 3 is 2.50 bits per heavy atom. The summed E-state index contributed by atoms with van der Waals surface area (Å²) >= 11 is 3.32. The zero-order chi connectivity index (χ0) is 11.5. The van der Waals surface area contributed by atoms with Crippen molar-refractivity contribution >= 4 is 27.3 Å². The molecule has 0 aliphatic rings. The molecule has 0 saturated carbocycles. The number of H-pyrrole nitrogens is 1. The number of nitrogens with zero attached hydrogens (tertiary/aromatic N) is 2. The molecule has 0 radical (unpaired) electrons. The number of aromatic amines is 1. The van der Waals surface area contributed by atoms with Gasteiger partial charge in [-0.1, -0.05) is 15.9 Å². The minimum Gasteiger partial charge on any atom is -0.336 e. The first kappa shape index (κ1) is 10.8. The second-order valence-electron chi connectivity index (χ2n) is 3.14. The molecule has 5 nitrogen and oxygen atoms in total. The van der Waals surface area contributed by atoms with Crippen LogP contribution in [0, 0.1) is 6.92 Å². The molecule has 16 heavy (non-hydrogen) atoms. The van der Waals surface area contributed by atoms with Crippen molar-refractivity contribution in [2.24, 2.45) is 10.2 Å². The van der Waals surface area contributed by atoms with Crippen LogP contribution in [-0.4, -0.2) is 5.16 Å². The van der Waals surface area contributed by atoms with E-state index in [0.717, 1.165) is 4.47 Å². The smallest absolute Gasteiger partial charge is 0.336 e. The third-order valence-corrected chi connectivity index (χ3v) is 2.47. The molecule has 0 aliphatic heterocycles. The molecule has 1 aromatic heterocycles. The maximum Gasteiger partial charge on any atom is 0.384 e. The maximum absolute atomic E-state index is 11.2. The van der Waals surface area contributed by atoms with Crippen LogP contribution in [0.1, 0.15) is 5.69 Å². The summed E-state index contributed by atoms with van der Waals surface area (Å²) in [6, 6.07) is 7.27. The first-order chi connectivity index (χ1) is 7.66. The SMILES string of the molecule is Cc1[nH]oc(=O)c1N=Nc1ccc(Br)cc1. The summed E-state index contributed by atoms with van der Waals surface area (Å²) < 4.78 is 5.52. The van der Waals surface area contributed by atoms with Gasteiger partial charge in [-0.05, 0) is 31.2 Å². The Kier molecular flexibility index (Phi) is 3.00. The molecular formula is C10H8BrN3O2. The molecule has 1 N–H and O–H groups in total. The Hall–Kier alpha value is -1.69. The lowest BCUT2D eigenvalue weighted by Crippen LogP contribution is -1.89. The Morgan fingerprint density at radius 1 is 1.25 bits per heavy atom. The van der Waals surface area contributed by atoms with Crippen LogP contribution in [0.3, 0.4) is 0 Å². The summed E-state index contributed by atoms with van der Waals surface area (Å²) in [6.45, 7) is 1.70. The van der Waals surface area contributed by atoms with Crippen LogP contribution in [-0.2, 0) is 0 Å². The van der Waals surface area contributed by atoms with Crippen molar-refractivity contribution in [2.75, 3.05) is 0 Å². The fourth-order valence-electron chi connectivity index (χ4n) is 1.10. The van der Waals surface area contributed by atoms with Gasteiger partial charge in [0.15, 0.2) is 5.69 Å². The van der Waals surface area contributed by atoms with Crippen molar-refractivity contribution in [3.05, 3.63) is 44.9 Å². The van der Waals surface area contributed by atoms with Crippen LogP contribution in [0.15, 0.2) is 48.3 Å². The summed E-state index contributed by atoms with van der Waals surface area (Å²) in [4.78, 5) is 11.2. The average Bonchev–Trinajstić information content (AvgIpc) is 2.59. The predicted octanol–water partition coefficient (Wildman–Crippen LogP) is 3.45. The highest BCUT2D eigenvalue weighted by atomic mass is 79.9. The summed E-state index contributed by atoms with van der Waals surface area (Å²) in [6.07, 6.45) is 0. The minimum absolute atomic E-state index is 0.197. The Balaban J connectivity index is 2.28. The van der Waals surface area contributed by atoms with Gasteiger partial charge < -0.3 is 4.52 Å². The number of aryl methyl sites for hydroxylation is 1. The van der Waals surface area contributed by atoms with Crippen LogP contribution in [0.4, 0.5) is 11.4 Å². The van der Waals surface area contributed by atoms with Crippen LogP contribution < -0.4 is 5.63 Å². The van der Waals surface area contributed by atoms with Crippen molar-refractivity contribution in [3.63, 3.8) is 0 Å². The van der Waals surface area contributed by atoms with E-state index in [2.05, 4.69) is 35.8 Å². The van der Waals surface area contributed by atoms with Gasteiger partial charge in [-0.25, -0.2) is 9.95 Å². The van der Waals surface area contributed by atoms with E-state index in [1.165, 1.54) is 0 Å². The number of benzene rings is 1.